The summed E-state index contributed by atoms with van der Waals surface area (Å²) < 4.78 is 69.1. The lowest BCUT2D eigenvalue weighted by Gasteiger charge is -2.19. The summed E-state index contributed by atoms with van der Waals surface area (Å²) >= 11 is 0. The number of nitrogens with one attached hydrogen (secondary N) is 1. The van der Waals surface area contributed by atoms with Gasteiger partial charge in [-0.25, -0.2) is 22.7 Å². The van der Waals surface area contributed by atoms with Crippen LogP contribution in [0, 0.1) is 0 Å². The van der Waals surface area contributed by atoms with E-state index >= 15 is 0 Å². The first-order chi connectivity index (χ1) is 10.3. The third-order valence-electron chi connectivity index (χ3n) is 2.18. The summed E-state index contributed by atoms with van der Waals surface area (Å²) in [4.78, 5) is 22.6. The summed E-state index contributed by atoms with van der Waals surface area (Å²) in [6, 6.07) is 0. The fourth-order valence-electron chi connectivity index (χ4n) is 0.963. The Morgan fingerprint density at radius 1 is 1.13 bits per heavy atom. The van der Waals surface area contributed by atoms with Crippen molar-refractivity contribution in [3.05, 3.63) is 24.3 Å². The molecule has 0 aliphatic rings. The topological polar surface area (TPSA) is 98.8 Å². The minimum Gasteiger partial charge on any atom is -0.458 e. The molecule has 0 radical (unpaired) electrons. The zero-order chi connectivity index (χ0) is 18.4. The van der Waals surface area contributed by atoms with Crippen molar-refractivity contribution in [2.75, 3.05) is 13.2 Å². The van der Waals surface area contributed by atoms with Gasteiger partial charge in [0.05, 0.1) is 6.54 Å². The van der Waals surface area contributed by atoms with Gasteiger partial charge in [0.25, 0.3) is 0 Å². The number of carbonyl (C=O) groups excluding carboxylic acids is 2. The van der Waals surface area contributed by atoms with Gasteiger partial charge in [-0.15, -0.1) is 0 Å². The molecule has 0 bridgehead atoms. The molecule has 0 saturated heterocycles. The molecule has 0 spiro atoms. The molecule has 0 heterocycles. The number of halogens is 3. The fourth-order valence-corrected chi connectivity index (χ4v) is 1.53. The zero-order valence-corrected chi connectivity index (χ0v) is 13.2. The largest absolute Gasteiger partial charge is 0.511 e. The van der Waals surface area contributed by atoms with Crippen LogP contribution in [0.1, 0.15) is 13.8 Å². The Bertz CT molecular complexity index is 596. The quantitative estimate of drug-likeness (QED) is 0.513. The molecule has 132 valence electrons. The predicted octanol–water partition coefficient (Wildman–Crippen LogP) is 1.03. The molecule has 0 aromatic carbocycles. The fraction of sp³-hybridized carbons (Fsp3) is 0.500. The second-order valence-corrected chi connectivity index (χ2v) is 6.24. The first kappa shape index (κ1) is 21.1. The van der Waals surface area contributed by atoms with E-state index in [1.54, 1.807) is 0 Å². The van der Waals surface area contributed by atoms with Gasteiger partial charge in [0.1, 0.15) is 12.7 Å². The Hall–Kier alpha value is -1.88. The highest BCUT2D eigenvalue weighted by molar-refractivity contribution is 7.90. The maximum Gasteiger partial charge on any atom is 0.511 e. The normalized spacial score (nSPS) is 13.1. The van der Waals surface area contributed by atoms with Crippen LogP contribution >= 0.6 is 0 Å². The molecular weight excluding hydrogens is 343 g/mol. The number of esters is 2. The Morgan fingerprint density at radius 3 is 2.00 bits per heavy atom. The third-order valence-corrected chi connectivity index (χ3v) is 3.33. The molecule has 1 atom stereocenters. The van der Waals surface area contributed by atoms with Crippen LogP contribution in [-0.2, 0) is 29.1 Å². The molecule has 0 amide bonds. The summed E-state index contributed by atoms with van der Waals surface area (Å²) in [5.74, 6) is -1.85. The number of ether oxygens (including phenoxy) is 2. The van der Waals surface area contributed by atoms with Crippen LogP contribution < -0.4 is 4.72 Å². The van der Waals surface area contributed by atoms with Gasteiger partial charge >= 0.3 is 27.5 Å². The van der Waals surface area contributed by atoms with E-state index in [0.29, 0.717) is 0 Å². The van der Waals surface area contributed by atoms with Gasteiger partial charge in [0.15, 0.2) is 0 Å². The number of hydrogen-bond donors (Lipinski definition) is 1. The second kappa shape index (κ2) is 8.11. The van der Waals surface area contributed by atoms with Crippen LogP contribution in [-0.4, -0.2) is 45.1 Å². The van der Waals surface area contributed by atoms with E-state index in [4.69, 9.17) is 4.74 Å². The molecule has 7 nitrogen and oxygen atoms in total. The predicted molar refractivity (Wildman–Crippen MR) is 73.4 cm³/mol. The van der Waals surface area contributed by atoms with Crippen molar-refractivity contribution in [2.24, 2.45) is 0 Å². The van der Waals surface area contributed by atoms with Crippen LogP contribution in [0.3, 0.4) is 0 Å². The molecule has 0 saturated carbocycles. The Labute approximate surface area is 131 Å². The molecular formula is C12H16F3NO6S. The molecule has 0 aliphatic carbocycles. The number of rotatable bonds is 8. The van der Waals surface area contributed by atoms with E-state index in [0.717, 1.165) is 0 Å². The summed E-state index contributed by atoms with van der Waals surface area (Å²) in [6.45, 7) is 7.55. The summed E-state index contributed by atoms with van der Waals surface area (Å²) in [5.41, 5.74) is -5.59. The standard InChI is InChI=1S/C12H16F3NO6S/c1-7(2)10(17)21-6-9(22-11(18)8(3)4)5-16-23(19,20)12(13,14)15/h9,16H,1,3,5-6H2,2,4H3. The van der Waals surface area contributed by atoms with Crippen molar-refractivity contribution >= 4 is 22.0 Å². The summed E-state index contributed by atoms with van der Waals surface area (Å²) in [6.07, 6.45) is -1.47. The Kier molecular flexibility index (Phi) is 7.44. The smallest absolute Gasteiger partial charge is 0.458 e. The maximum absolute atomic E-state index is 12.2. The Balaban J connectivity index is 4.92. The summed E-state index contributed by atoms with van der Waals surface area (Å²) in [7, 11) is -5.63. The van der Waals surface area contributed by atoms with Crippen LogP contribution in [0.4, 0.5) is 13.2 Å². The molecule has 0 aromatic heterocycles. The van der Waals surface area contributed by atoms with Crippen LogP contribution in [0.2, 0.25) is 0 Å². The molecule has 0 fully saturated rings. The van der Waals surface area contributed by atoms with Crippen molar-refractivity contribution in [2.45, 2.75) is 25.5 Å². The van der Waals surface area contributed by atoms with Crippen molar-refractivity contribution in [3.8, 4) is 0 Å². The third kappa shape index (κ3) is 7.28. The van der Waals surface area contributed by atoms with Gasteiger partial charge < -0.3 is 9.47 Å². The van der Waals surface area contributed by atoms with Crippen molar-refractivity contribution < 1.29 is 40.7 Å². The van der Waals surface area contributed by atoms with Gasteiger partial charge in [0.2, 0.25) is 0 Å². The molecule has 0 aliphatic heterocycles. The molecule has 1 N–H and O–H groups in total. The van der Waals surface area contributed by atoms with E-state index in [1.165, 1.54) is 18.6 Å². The minimum absolute atomic E-state index is 0.00542. The van der Waals surface area contributed by atoms with Crippen molar-refractivity contribution in [1.29, 1.82) is 0 Å². The van der Waals surface area contributed by atoms with E-state index in [2.05, 4.69) is 17.9 Å². The first-order valence-corrected chi connectivity index (χ1v) is 7.51. The Morgan fingerprint density at radius 2 is 1.61 bits per heavy atom. The highest BCUT2D eigenvalue weighted by Crippen LogP contribution is 2.21. The molecule has 0 rings (SSSR count). The average molecular weight is 359 g/mol. The average Bonchev–Trinajstić information content (AvgIpc) is 2.39. The van der Waals surface area contributed by atoms with Gasteiger partial charge in [-0.05, 0) is 13.8 Å². The number of alkyl halides is 3. The molecule has 1 unspecified atom stereocenters. The molecule has 0 aromatic rings. The first-order valence-electron chi connectivity index (χ1n) is 6.03. The maximum atomic E-state index is 12.2. The van der Waals surface area contributed by atoms with Crippen LogP contribution in [0.15, 0.2) is 24.3 Å². The van der Waals surface area contributed by atoms with Gasteiger partial charge in [-0.2, -0.15) is 13.2 Å². The van der Waals surface area contributed by atoms with Crippen molar-refractivity contribution in [1.82, 2.24) is 4.72 Å². The number of carbonyl (C=O) groups is 2. The van der Waals surface area contributed by atoms with Crippen molar-refractivity contribution in [3.63, 3.8) is 0 Å². The van der Waals surface area contributed by atoms with Gasteiger partial charge in [0, 0.05) is 11.1 Å². The molecule has 11 heteroatoms. The lowest BCUT2D eigenvalue weighted by atomic mass is 10.3. The van der Waals surface area contributed by atoms with Gasteiger partial charge in [-0.3, -0.25) is 0 Å². The second-order valence-electron chi connectivity index (χ2n) is 4.48. The van der Waals surface area contributed by atoms with E-state index in [-0.39, 0.29) is 11.1 Å². The lowest BCUT2D eigenvalue weighted by Crippen LogP contribution is -2.43. The summed E-state index contributed by atoms with van der Waals surface area (Å²) in [5, 5.41) is 0. The van der Waals surface area contributed by atoms with E-state index in [1.807, 2.05) is 0 Å². The van der Waals surface area contributed by atoms with Gasteiger partial charge in [-0.1, -0.05) is 13.2 Å². The van der Waals surface area contributed by atoms with E-state index in [9.17, 15) is 31.2 Å². The zero-order valence-electron chi connectivity index (χ0n) is 12.4. The lowest BCUT2D eigenvalue weighted by molar-refractivity contribution is -0.153. The van der Waals surface area contributed by atoms with E-state index < -0.39 is 46.7 Å². The SMILES string of the molecule is C=C(C)C(=O)OCC(CNS(=O)(=O)C(F)(F)F)OC(=O)C(=C)C. The monoisotopic (exact) mass is 359 g/mol. The van der Waals surface area contributed by atoms with Crippen LogP contribution in [0.25, 0.3) is 0 Å². The van der Waals surface area contributed by atoms with Crippen LogP contribution in [0.5, 0.6) is 0 Å². The molecule has 23 heavy (non-hydrogen) atoms. The number of hydrogen-bond acceptors (Lipinski definition) is 6. The minimum atomic E-state index is -5.63. The highest BCUT2D eigenvalue weighted by atomic mass is 32.2. The highest BCUT2D eigenvalue weighted by Gasteiger charge is 2.46. The number of sulfonamides is 1.